The average Bonchev–Trinajstić information content (AvgIpc) is 2.59. The summed E-state index contributed by atoms with van der Waals surface area (Å²) in [6.07, 6.45) is 7.35. The van der Waals surface area contributed by atoms with Gasteiger partial charge >= 0.3 is 0 Å². The van der Waals surface area contributed by atoms with E-state index in [0.29, 0.717) is 23.3 Å². The molecule has 1 saturated heterocycles. The number of carbonyl (C=O) groups excluding carboxylic acids is 1. The summed E-state index contributed by atoms with van der Waals surface area (Å²) in [5.74, 6) is 1.44. The SMILES string of the molecule is N#Cc1ccc(OCC(=O)N2CCC[C@H]3CCCC[C@H]32)cc1. The number of likely N-dealkylation sites (tertiary alicyclic amines) is 1. The Hall–Kier alpha value is -2.02. The molecule has 3 rings (SSSR count). The zero-order valence-electron chi connectivity index (χ0n) is 12.8. The molecule has 1 amide bonds. The number of carbonyl (C=O) groups is 1. The largest absolute Gasteiger partial charge is 0.484 e. The second-order valence-corrected chi connectivity index (χ2v) is 6.27. The zero-order chi connectivity index (χ0) is 15.4. The van der Waals surface area contributed by atoms with Gasteiger partial charge in [-0.15, -0.1) is 0 Å². The Bertz CT molecular complexity index is 559. The number of fused-ring (bicyclic) bond motifs is 1. The van der Waals surface area contributed by atoms with Crippen LogP contribution in [-0.2, 0) is 4.79 Å². The van der Waals surface area contributed by atoms with E-state index in [4.69, 9.17) is 10.00 Å². The Balaban J connectivity index is 1.57. The van der Waals surface area contributed by atoms with Crippen LogP contribution in [0.2, 0.25) is 0 Å². The maximum absolute atomic E-state index is 12.5. The average molecular weight is 298 g/mol. The molecule has 0 unspecified atom stereocenters. The van der Waals surface area contributed by atoms with E-state index in [1.807, 2.05) is 0 Å². The van der Waals surface area contributed by atoms with Gasteiger partial charge in [0.15, 0.2) is 6.61 Å². The van der Waals surface area contributed by atoms with Crippen molar-refractivity contribution in [2.24, 2.45) is 5.92 Å². The summed E-state index contributed by atoms with van der Waals surface area (Å²) < 4.78 is 5.60. The molecule has 2 aliphatic rings. The number of amides is 1. The minimum Gasteiger partial charge on any atom is -0.484 e. The Kier molecular flexibility index (Phi) is 4.62. The van der Waals surface area contributed by atoms with Gasteiger partial charge in [0.2, 0.25) is 0 Å². The molecule has 1 aromatic rings. The lowest BCUT2D eigenvalue weighted by atomic mass is 9.78. The summed E-state index contributed by atoms with van der Waals surface area (Å²) in [6.45, 7) is 0.964. The fourth-order valence-electron chi connectivity index (χ4n) is 3.79. The molecule has 0 N–H and O–H groups in total. The molecule has 22 heavy (non-hydrogen) atoms. The predicted molar refractivity (Wildman–Crippen MR) is 83.3 cm³/mol. The van der Waals surface area contributed by atoms with Crippen molar-refractivity contribution < 1.29 is 9.53 Å². The minimum atomic E-state index is 0.0924. The van der Waals surface area contributed by atoms with Gasteiger partial charge in [0.1, 0.15) is 5.75 Å². The molecule has 1 aliphatic heterocycles. The van der Waals surface area contributed by atoms with E-state index in [1.165, 1.54) is 25.7 Å². The molecule has 4 heteroatoms. The standard InChI is InChI=1S/C18H22N2O2/c19-12-14-7-9-16(10-8-14)22-13-18(21)20-11-3-5-15-4-1-2-6-17(15)20/h7-10,15,17H,1-6,11,13H2/t15-,17-/m1/s1. The van der Waals surface area contributed by atoms with Crippen LogP contribution >= 0.6 is 0 Å². The van der Waals surface area contributed by atoms with E-state index in [2.05, 4.69) is 11.0 Å². The van der Waals surface area contributed by atoms with Gasteiger partial charge in [-0.1, -0.05) is 12.8 Å². The number of nitrogens with zero attached hydrogens (tertiary/aromatic N) is 2. The first-order valence-corrected chi connectivity index (χ1v) is 8.20. The summed E-state index contributed by atoms with van der Waals surface area (Å²) >= 11 is 0. The molecule has 4 nitrogen and oxygen atoms in total. The van der Waals surface area contributed by atoms with Crippen molar-refractivity contribution in [1.82, 2.24) is 4.90 Å². The molecule has 0 bridgehead atoms. The van der Waals surface area contributed by atoms with Crippen LogP contribution in [0.5, 0.6) is 5.75 Å². The first kappa shape index (κ1) is 14.9. The number of benzene rings is 1. The molecule has 0 aromatic heterocycles. The van der Waals surface area contributed by atoms with Crippen LogP contribution in [0.4, 0.5) is 0 Å². The second kappa shape index (κ2) is 6.83. The molecule has 1 heterocycles. The van der Waals surface area contributed by atoms with Crippen LogP contribution in [0.1, 0.15) is 44.1 Å². The van der Waals surface area contributed by atoms with Crippen LogP contribution in [-0.4, -0.2) is 30.0 Å². The van der Waals surface area contributed by atoms with Crippen LogP contribution < -0.4 is 4.74 Å². The number of hydrogen-bond acceptors (Lipinski definition) is 3. The molecule has 2 fully saturated rings. The number of hydrogen-bond donors (Lipinski definition) is 0. The molecule has 1 saturated carbocycles. The third-order valence-corrected chi connectivity index (χ3v) is 4.91. The first-order valence-electron chi connectivity index (χ1n) is 8.20. The summed E-state index contributed by atoms with van der Waals surface area (Å²) in [4.78, 5) is 14.6. The highest BCUT2D eigenvalue weighted by molar-refractivity contribution is 5.78. The third kappa shape index (κ3) is 3.24. The number of nitriles is 1. The van der Waals surface area contributed by atoms with Gasteiger partial charge in [0, 0.05) is 12.6 Å². The zero-order valence-corrected chi connectivity index (χ0v) is 12.8. The number of rotatable bonds is 3. The van der Waals surface area contributed by atoms with Crippen molar-refractivity contribution in [2.45, 2.75) is 44.6 Å². The highest BCUT2D eigenvalue weighted by Crippen LogP contribution is 2.35. The van der Waals surface area contributed by atoms with Gasteiger partial charge in [-0.05, 0) is 55.9 Å². The lowest BCUT2D eigenvalue weighted by Gasteiger charge is -2.44. The summed E-state index contributed by atoms with van der Waals surface area (Å²) in [7, 11) is 0. The van der Waals surface area contributed by atoms with Gasteiger partial charge in [-0.25, -0.2) is 0 Å². The van der Waals surface area contributed by atoms with Crippen molar-refractivity contribution in [3.8, 4) is 11.8 Å². The molecule has 1 aromatic carbocycles. The normalized spacial score (nSPS) is 24.2. The van der Waals surface area contributed by atoms with E-state index in [1.54, 1.807) is 24.3 Å². The first-order chi connectivity index (χ1) is 10.8. The maximum atomic E-state index is 12.5. The Labute approximate surface area is 131 Å². The Morgan fingerprint density at radius 3 is 2.68 bits per heavy atom. The molecule has 116 valence electrons. The van der Waals surface area contributed by atoms with Gasteiger partial charge < -0.3 is 9.64 Å². The summed E-state index contributed by atoms with van der Waals surface area (Å²) in [5, 5.41) is 8.78. The van der Waals surface area contributed by atoms with Crippen LogP contribution in [0.25, 0.3) is 0 Å². The van der Waals surface area contributed by atoms with Crippen molar-refractivity contribution in [3.05, 3.63) is 29.8 Å². The van der Waals surface area contributed by atoms with E-state index in [0.717, 1.165) is 19.4 Å². The fraction of sp³-hybridized carbons (Fsp3) is 0.556. The van der Waals surface area contributed by atoms with Crippen molar-refractivity contribution >= 4 is 5.91 Å². The Morgan fingerprint density at radius 2 is 1.91 bits per heavy atom. The van der Waals surface area contributed by atoms with Crippen molar-refractivity contribution in [1.29, 1.82) is 5.26 Å². The number of ether oxygens (including phenoxy) is 1. The Morgan fingerprint density at radius 1 is 1.18 bits per heavy atom. The fourth-order valence-corrected chi connectivity index (χ4v) is 3.79. The van der Waals surface area contributed by atoms with E-state index in [9.17, 15) is 4.79 Å². The summed E-state index contributed by atoms with van der Waals surface area (Å²) in [5.41, 5.74) is 0.597. The van der Waals surface area contributed by atoms with E-state index in [-0.39, 0.29) is 12.5 Å². The quantitative estimate of drug-likeness (QED) is 0.861. The van der Waals surface area contributed by atoms with Crippen LogP contribution in [0.3, 0.4) is 0 Å². The highest BCUT2D eigenvalue weighted by atomic mass is 16.5. The van der Waals surface area contributed by atoms with Gasteiger partial charge in [0.25, 0.3) is 5.91 Å². The lowest BCUT2D eigenvalue weighted by molar-refractivity contribution is -0.139. The van der Waals surface area contributed by atoms with Crippen molar-refractivity contribution in [2.75, 3.05) is 13.2 Å². The molecule has 1 aliphatic carbocycles. The molecule has 0 radical (unpaired) electrons. The number of piperidine rings is 1. The van der Waals surface area contributed by atoms with Crippen LogP contribution in [0, 0.1) is 17.2 Å². The van der Waals surface area contributed by atoms with E-state index >= 15 is 0 Å². The predicted octanol–water partition coefficient (Wildman–Crippen LogP) is 3.12. The lowest BCUT2D eigenvalue weighted by Crippen LogP contribution is -2.51. The highest BCUT2D eigenvalue weighted by Gasteiger charge is 2.35. The molecular formula is C18H22N2O2. The minimum absolute atomic E-state index is 0.0924. The van der Waals surface area contributed by atoms with Gasteiger partial charge in [0.05, 0.1) is 11.6 Å². The molecule has 2 atom stereocenters. The van der Waals surface area contributed by atoms with E-state index < -0.39 is 0 Å². The smallest absolute Gasteiger partial charge is 0.260 e. The molecule has 0 spiro atoms. The summed E-state index contributed by atoms with van der Waals surface area (Å²) in [6, 6.07) is 9.40. The second-order valence-electron chi connectivity index (χ2n) is 6.27. The van der Waals surface area contributed by atoms with Gasteiger partial charge in [-0.2, -0.15) is 5.26 Å². The third-order valence-electron chi connectivity index (χ3n) is 4.91. The van der Waals surface area contributed by atoms with Crippen molar-refractivity contribution in [3.63, 3.8) is 0 Å². The topological polar surface area (TPSA) is 53.3 Å². The van der Waals surface area contributed by atoms with Gasteiger partial charge in [-0.3, -0.25) is 4.79 Å². The molecular weight excluding hydrogens is 276 g/mol. The van der Waals surface area contributed by atoms with Crippen LogP contribution in [0.15, 0.2) is 24.3 Å². The maximum Gasteiger partial charge on any atom is 0.260 e. The monoisotopic (exact) mass is 298 g/mol.